The van der Waals surface area contributed by atoms with Crippen molar-refractivity contribution in [3.63, 3.8) is 0 Å². The van der Waals surface area contributed by atoms with E-state index < -0.39 is 42.0 Å². The van der Waals surface area contributed by atoms with E-state index in [2.05, 4.69) is 10.6 Å². The Balaban J connectivity index is 1.96. The van der Waals surface area contributed by atoms with Crippen molar-refractivity contribution in [2.75, 3.05) is 11.9 Å². The van der Waals surface area contributed by atoms with Crippen LogP contribution in [0.5, 0.6) is 0 Å². The predicted molar refractivity (Wildman–Crippen MR) is 99.6 cm³/mol. The molecule has 1 aliphatic heterocycles. The van der Waals surface area contributed by atoms with E-state index in [0.29, 0.717) is 6.42 Å². The maximum Gasteiger partial charge on any atom is 0.327 e. The minimum Gasteiger partial charge on any atom is -0.451 e. The Morgan fingerprint density at radius 1 is 1.30 bits per heavy atom. The average molecular weight is 416 g/mol. The number of nitrogens with zero attached hydrogens (tertiary/aromatic N) is 1. The van der Waals surface area contributed by atoms with Crippen LogP contribution in [0.15, 0.2) is 18.2 Å². The molecule has 27 heavy (non-hydrogen) atoms. The van der Waals surface area contributed by atoms with Crippen LogP contribution in [0.4, 0.5) is 10.5 Å². The Morgan fingerprint density at radius 3 is 2.41 bits per heavy atom. The highest BCUT2D eigenvalue weighted by molar-refractivity contribution is 6.39. The van der Waals surface area contributed by atoms with Gasteiger partial charge in [0.25, 0.3) is 11.8 Å². The van der Waals surface area contributed by atoms with Gasteiger partial charge in [-0.2, -0.15) is 0 Å². The molecule has 1 saturated heterocycles. The third-order valence-corrected chi connectivity index (χ3v) is 4.86. The van der Waals surface area contributed by atoms with Gasteiger partial charge in [-0.05, 0) is 32.4 Å². The topological polar surface area (TPSA) is 105 Å². The second-order valence-corrected chi connectivity index (χ2v) is 7.04. The number of urea groups is 1. The quantitative estimate of drug-likeness (QED) is 0.548. The second-order valence-electron chi connectivity index (χ2n) is 6.23. The summed E-state index contributed by atoms with van der Waals surface area (Å²) in [7, 11) is 0. The van der Waals surface area contributed by atoms with Gasteiger partial charge in [-0.1, -0.05) is 36.2 Å². The van der Waals surface area contributed by atoms with Crippen molar-refractivity contribution in [1.29, 1.82) is 0 Å². The molecule has 0 radical (unpaired) electrons. The van der Waals surface area contributed by atoms with Crippen molar-refractivity contribution >= 4 is 52.7 Å². The number of carbonyl (C=O) groups excluding carboxylic acids is 4. The number of esters is 1. The monoisotopic (exact) mass is 415 g/mol. The summed E-state index contributed by atoms with van der Waals surface area (Å²) in [6.45, 7) is 4.07. The highest BCUT2D eigenvalue weighted by Gasteiger charge is 2.47. The molecular formula is C17H19Cl2N3O5. The summed E-state index contributed by atoms with van der Waals surface area (Å²) < 4.78 is 5.01. The van der Waals surface area contributed by atoms with E-state index in [1.54, 1.807) is 32.0 Å². The van der Waals surface area contributed by atoms with E-state index in [1.165, 1.54) is 6.92 Å². The number of nitrogens with one attached hydrogen (secondary N) is 2. The van der Waals surface area contributed by atoms with E-state index >= 15 is 0 Å². The lowest BCUT2D eigenvalue weighted by molar-refractivity contribution is -0.155. The Hall–Kier alpha value is -2.32. The first-order chi connectivity index (χ1) is 12.6. The fraction of sp³-hybridized carbons (Fsp3) is 0.412. The van der Waals surface area contributed by atoms with Crippen molar-refractivity contribution in [2.24, 2.45) is 0 Å². The number of anilines is 1. The molecule has 0 aromatic heterocycles. The van der Waals surface area contributed by atoms with Gasteiger partial charge in [0.05, 0.1) is 15.7 Å². The Morgan fingerprint density at radius 2 is 1.89 bits per heavy atom. The molecule has 1 aliphatic rings. The van der Waals surface area contributed by atoms with E-state index in [-0.39, 0.29) is 15.7 Å². The number of halogens is 2. The van der Waals surface area contributed by atoms with Gasteiger partial charge in [-0.15, -0.1) is 0 Å². The molecule has 1 aromatic rings. The van der Waals surface area contributed by atoms with Gasteiger partial charge < -0.3 is 15.4 Å². The van der Waals surface area contributed by atoms with Crippen LogP contribution >= 0.6 is 23.2 Å². The molecule has 0 bridgehead atoms. The Labute approximate surface area is 166 Å². The van der Waals surface area contributed by atoms with Crippen LogP contribution in [-0.4, -0.2) is 46.9 Å². The summed E-state index contributed by atoms with van der Waals surface area (Å²) in [5.41, 5.74) is -0.859. The van der Waals surface area contributed by atoms with Gasteiger partial charge in [-0.3, -0.25) is 19.3 Å². The third kappa shape index (κ3) is 4.51. The molecule has 2 atom stereocenters. The molecule has 0 saturated carbocycles. The van der Waals surface area contributed by atoms with Gasteiger partial charge in [0.2, 0.25) is 0 Å². The van der Waals surface area contributed by atoms with Crippen LogP contribution in [0.2, 0.25) is 10.0 Å². The normalized spacial score (nSPS) is 20.3. The second kappa shape index (κ2) is 8.14. The van der Waals surface area contributed by atoms with Gasteiger partial charge in [-0.25, -0.2) is 4.79 Å². The molecule has 1 heterocycles. The molecule has 0 spiro atoms. The maximum absolute atomic E-state index is 12.3. The summed E-state index contributed by atoms with van der Waals surface area (Å²) in [6, 6.07) is 4.03. The number of hydrogen-bond acceptors (Lipinski definition) is 5. The van der Waals surface area contributed by atoms with Crippen molar-refractivity contribution in [1.82, 2.24) is 10.2 Å². The van der Waals surface area contributed by atoms with Crippen LogP contribution in [0, 0.1) is 0 Å². The van der Waals surface area contributed by atoms with Crippen LogP contribution < -0.4 is 10.6 Å². The molecule has 8 nitrogen and oxygen atoms in total. The molecule has 146 valence electrons. The minimum absolute atomic E-state index is 0.196. The summed E-state index contributed by atoms with van der Waals surface area (Å²) in [4.78, 5) is 49.2. The first-order valence-electron chi connectivity index (χ1n) is 8.17. The Bertz CT molecular complexity index is 781. The number of hydrogen-bond donors (Lipinski definition) is 2. The zero-order valence-corrected chi connectivity index (χ0v) is 16.5. The van der Waals surface area contributed by atoms with E-state index in [1.807, 2.05) is 0 Å². The van der Waals surface area contributed by atoms with E-state index in [0.717, 1.165) is 4.90 Å². The largest absolute Gasteiger partial charge is 0.451 e. The highest BCUT2D eigenvalue weighted by atomic mass is 35.5. The first kappa shape index (κ1) is 21.0. The van der Waals surface area contributed by atoms with Crippen LogP contribution in [0.1, 0.15) is 27.2 Å². The molecule has 1 fully saturated rings. The maximum atomic E-state index is 12.3. The molecule has 0 aliphatic carbocycles. The fourth-order valence-corrected chi connectivity index (χ4v) is 2.88. The van der Waals surface area contributed by atoms with Gasteiger partial charge in [0, 0.05) is 0 Å². The van der Waals surface area contributed by atoms with Crippen LogP contribution in [0.25, 0.3) is 0 Å². The highest BCUT2D eigenvalue weighted by Crippen LogP contribution is 2.30. The summed E-state index contributed by atoms with van der Waals surface area (Å²) in [5.74, 6) is -2.08. The lowest BCUT2D eigenvalue weighted by atomic mass is 9.99. The first-order valence-corrected chi connectivity index (χ1v) is 8.93. The summed E-state index contributed by atoms with van der Waals surface area (Å²) >= 11 is 11.9. The molecule has 0 unspecified atom stereocenters. The van der Waals surface area contributed by atoms with Crippen molar-refractivity contribution < 1.29 is 23.9 Å². The fourth-order valence-electron chi connectivity index (χ4n) is 2.39. The average Bonchev–Trinajstić information content (AvgIpc) is 2.81. The number of rotatable bonds is 6. The lowest BCUT2D eigenvalue weighted by Gasteiger charge is -2.19. The molecule has 4 amide bonds. The van der Waals surface area contributed by atoms with Crippen molar-refractivity contribution in [3.05, 3.63) is 28.2 Å². The zero-order chi connectivity index (χ0) is 20.4. The lowest BCUT2D eigenvalue weighted by Crippen LogP contribution is -2.44. The number of benzene rings is 1. The number of para-hydroxylation sites is 1. The Kier molecular flexibility index (Phi) is 6.33. The zero-order valence-electron chi connectivity index (χ0n) is 15.0. The van der Waals surface area contributed by atoms with Crippen molar-refractivity contribution in [2.45, 2.75) is 38.8 Å². The molecule has 1 aromatic carbocycles. The van der Waals surface area contributed by atoms with Crippen molar-refractivity contribution in [3.8, 4) is 0 Å². The van der Waals surface area contributed by atoms with E-state index in [4.69, 9.17) is 27.9 Å². The minimum atomic E-state index is -1.19. The van der Waals surface area contributed by atoms with Gasteiger partial charge in [0.1, 0.15) is 12.1 Å². The number of amides is 4. The van der Waals surface area contributed by atoms with Crippen LogP contribution in [-0.2, 0) is 19.1 Å². The van der Waals surface area contributed by atoms with Gasteiger partial charge >= 0.3 is 12.0 Å². The predicted octanol–water partition coefficient (Wildman–Crippen LogP) is 2.58. The third-order valence-electron chi connectivity index (χ3n) is 4.23. The number of imide groups is 1. The number of carbonyl (C=O) groups is 4. The molecule has 2 rings (SSSR count). The number of ether oxygens (including phenoxy) is 1. The SMILES string of the molecule is CC[C@]1(C)NC(=O)N(CC(=O)O[C@@H](C)C(=O)Nc2c(Cl)cccc2Cl)C1=O. The smallest absolute Gasteiger partial charge is 0.327 e. The molecular weight excluding hydrogens is 397 g/mol. The van der Waals surface area contributed by atoms with E-state index in [9.17, 15) is 19.2 Å². The molecule has 10 heteroatoms. The summed E-state index contributed by atoms with van der Waals surface area (Å²) in [6.07, 6.45) is -0.816. The van der Waals surface area contributed by atoms with Crippen LogP contribution in [0.3, 0.4) is 0 Å². The molecule has 2 N–H and O–H groups in total. The summed E-state index contributed by atoms with van der Waals surface area (Å²) in [5, 5.41) is 5.46. The van der Waals surface area contributed by atoms with Gasteiger partial charge in [0.15, 0.2) is 6.10 Å². The standard InChI is InChI=1S/C17H19Cl2N3O5/c1-4-17(3)15(25)22(16(26)21-17)8-12(23)27-9(2)14(24)20-13-10(18)6-5-7-11(13)19/h5-7,9H,4,8H2,1-3H3,(H,20,24)(H,21,26)/t9-,17-/m0/s1.